The highest BCUT2D eigenvalue weighted by molar-refractivity contribution is 5.94. The molecule has 11 rings (SSSR count). The standard InChI is InChI=1S/C62H98O31/c1-8-27(66)30-15-23(2)62(93-30)16-35(69)61(7)26-9-10-34-58(4,25(26)11-14-60(61,62)6)13-12-36(59(34,5)22-65)88-53-47(80)44(77)41(74)33(87-53)21-83-55-49(38(71)28(67)19-81-55)91-57-51(92-52-46(79)43(76)37(70)24(3)84-52)48(42(75)32(18-64)86-57)89-56-50(39(72)29(68)20-82-56)90-54-45(78)40(73)31(17-63)85-54/h23-24,28-34,36-57,63-65,67-68,70-80H,8-22H2,1-7H3/t23-,24+,28+,29+,30-,31-,32-,33-,34-,36+,37+,38+,39+,40+,41-,42-,43-,44+,45-,46-,47-,48+,49-,50-,51-,52+,53+,54+,55+,56+,57+,58-,59-,60+,61-,62+/m1/s1. The van der Waals surface area contributed by atoms with Crippen LogP contribution in [-0.4, -0.2) is 317 Å². The Bertz CT molecular complexity index is 2660. The van der Waals surface area contributed by atoms with Crippen molar-refractivity contribution in [2.45, 2.75) is 290 Å². The van der Waals surface area contributed by atoms with Crippen LogP contribution < -0.4 is 0 Å². The van der Waals surface area contributed by atoms with Gasteiger partial charge in [-0.05, 0) is 76.0 Å². The van der Waals surface area contributed by atoms with E-state index in [9.17, 15) is 91.3 Å². The minimum Gasteiger partial charge on any atom is -0.396 e. The number of rotatable bonds is 18. The largest absolute Gasteiger partial charge is 0.396 e. The minimum absolute atomic E-state index is 0.0259. The molecular weight excluding hydrogens is 1240 g/mol. The van der Waals surface area contributed by atoms with Crippen molar-refractivity contribution in [2.75, 3.05) is 39.6 Å². The van der Waals surface area contributed by atoms with E-state index in [1.165, 1.54) is 12.5 Å². The maximum absolute atomic E-state index is 14.8. The van der Waals surface area contributed by atoms with E-state index in [2.05, 4.69) is 27.7 Å². The zero-order valence-corrected chi connectivity index (χ0v) is 53.3. The number of hydrogen-bond acceptors (Lipinski definition) is 31. The molecule has 2 saturated carbocycles. The van der Waals surface area contributed by atoms with Crippen molar-refractivity contribution in [1.82, 2.24) is 0 Å². The van der Waals surface area contributed by atoms with Crippen molar-refractivity contribution in [3.8, 4) is 0 Å². The number of aliphatic hydroxyl groups excluding tert-OH is 16. The second-order valence-electron chi connectivity index (χ2n) is 28.7. The Morgan fingerprint density at radius 2 is 1.09 bits per heavy atom. The summed E-state index contributed by atoms with van der Waals surface area (Å²) in [7, 11) is 0. The average Bonchev–Trinajstić information content (AvgIpc) is 1.55. The van der Waals surface area contributed by atoms with E-state index in [4.69, 9.17) is 61.6 Å². The van der Waals surface area contributed by atoms with Crippen LogP contribution in [0, 0.1) is 33.5 Å². The molecule has 0 radical (unpaired) electrons. The van der Waals surface area contributed by atoms with E-state index < -0.39 is 238 Å². The van der Waals surface area contributed by atoms with Gasteiger partial charge in [0.2, 0.25) is 0 Å². The summed E-state index contributed by atoms with van der Waals surface area (Å²) in [5, 5.41) is 177. The first kappa shape index (κ1) is 72.2. The fourth-order valence-corrected chi connectivity index (χ4v) is 17.8. The zero-order chi connectivity index (χ0) is 67.5. The Morgan fingerprint density at radius 3 is 1.72 bits per heavy atom. The molecule has 1 spiro atoms. The lowest BCUT2D eigenvalue weighted by Gasteiger charge is -2.63. The SMILES string of the molecule is CCC(=O)[C@H]1C[C@@H](C)[C@]2(CC(=O)[C@@]3(C)C4=C(CC[C@@]32C)[C@@]2(C)CC[C@H](O[C@@H]3O[C@H](CO[C@@H]5OC[C@H](O)[C@H](O)[C@H]5O[C@@H]5O[C@H](CO)[C@@H](O)[C@H](O[C@@H]6OC[C@H](O)[C@H](O)[C@H]6O[C@@H]6O[C@H](CO)[C@H](O)[C@H]6O)[C@H]5O[C@@H]5O[C@@H](C)[C@H](O)[C@@H](O)[C@H]5O)[C@@H](O)[C@H](O)[C@H]3O)[C@](C)(CO)[C@@H]2CC4)O1. The second-order valence-corrected chi connectivity index (χ2v) is 28.7. The van der Waals surface area contributed by atoms with E-state index in [0.717, 1.165) is 5.57 Å². The fraction of sp³-hybridized carbons (Fsp3) is 0.935. The Labute approximate surface area is 537 Å². The topological polar surface area (TPSA) is 478 Å². The first-order chi connectivity index (χ1) is 43.9. The van der Waals surface area contributed by atoms with Crippen LogP contribution in [-0.2, 0) is 71.2 Å². The van der Waals surface area contributed by atoms with Crippen molar-refractivity contribution >= 4 is 11.6 Å². The summed E-state index contributed by atoms with van der Waals surface area (Å²) < 4.78 is 79.2. The van der Waals surface area contributed by atoms with E-state index in [0.29, 0.717) is 51.4 Å². The quantitative estimate of drug-likeness (QED) is 0.0570. The Morgan fingerprint density at radius 1 is 0.548 bits per heavy atom. The van der Waals surface area contributed by atoms with Crippen LogP contribution in [0.5, 0.6) is 0 Å². The van der Waals surface area contributed by atoms with Gasteiger partial charge in [0.25, 0.3) is 0 Å². The molecule has 7 heterocycles. The smallest absolute Gasteiger partial charge is 0.187 e. The summed E-state index contributed by atoms with van der Waals surface area (Å²) in [5.74, 6) is -0.105. The van der Waals surface area contributed by atoms with Crippen LogP contribution >= 0.6 is 0 Å². The molecule has 16 N–H and O–H groups in total. The Balaban J connectivity index is 0.815. The Kier molecular flexibility index (Phi) is 21.3. The lowest BCUT2D eigenvalue weighted by Crippen LogP contribution is -2.68. The van der Waals surface area contributed by atoms with Crippen molar-refractivity contribution in [3.63, 3.8) is 0 Å². The molecule has 93 heavy (non-hydrogen) atoms. The molecule has 532 valence electrons. The fourth-order valence-electron chi connectivity index (χ4n) is 17.8. The van der Waals surface area contributed by atoms with Crippen LogP contribution in [0.25, 0.3) is 0 Å². The minimum atomic E-state index is -2.07. The summed E-state index contributed by atoms with van der Waals surface area (Å²) in [6.45, 7) is 9.46. The maximum Gasteiger partial charge on any atom is 0.187 e. The van der Waals surface area contributed by atoms with Gasteiger partial charge in [-0.3, -0.25) is 9.59 Å². The molecule has 9 fully saturated rings. The van der Waals surface area contributed by atoms with E-state index in [-0.39, 0.29) is 36.4 Å². The lowest BCUT2D eigenvalue weighted by atomic mass is 9.42. The van der Waals surface area contributed by atoms with Crippen molar-refractivity contribution in [1.29, 1.82) is 0 Å². The molecular formula is C62H98O31. The van der Waals surface area contributed by atoms with Crippen molar-refractivity contribution in [3.05, 3.63) is 11.1 Å². The van der Waals surface area contributed by atoms with E-state index >= 15 is 0 Å². The molecule has 4 aliphatic carbocycles. The highest BCUT2D eigenvalue weighted by atomic mass is 16.8. The monoisotopic (exact) mass is 1340 g/mol. The molecule has 31 nitrogen and oxygen atoms in total. The summed E-state index contributed by atoms with van der Waals surface area (Å²) in [6.07, 6.45) is -45.7. The van der Waals surface area contributed by atoms with Crippen LogP contribution in [0.3, 0.4) is 0 Å². The van der Waals surface area contributed by atoms with Crippen LogP contribution in [0.15, 0.2) is 11.1 Å². The van der Waals surface area contributed by atoms with Gasteiger partial charge in [0.1, 0.15) is 134 Å². The molecule has 0 aromatic heterocycles. The number of carbonyl (C=O) groups excluding carboxylic acids is 2. The number of aliphatic hydroxyl groups is 16. The molecule has 31 heteroatoms. The number of carbonyl (C=O) groups is 2. The Hall–Kier alpha value is -2.08. The zero-order valence-electron chi connectivity index (χ0n) is 53.3. The van der Waals surface area contributed by atoms with Crippen LogP contribution in [0.1, 0.15) is 106 Å². The number of ketones is 2. The molecule has 11 aliphatic rings. The summed E-state index contributed by atoms with van der Waals surface area (Å²) in [6, 6.07) is 0. The molecule has 36 atom stereocenters. The molecule has 0 aromatic carbocycles. The summed E-state index contributed by atoms with van der Waals surface area (Å²) >= 11 is 0. The summed E-state index contributed by atoms with van der Waals surface area (Å²) in [5.41, 5.74) is -1.48. The number of allylic oxidation sites excluding steroid dienone is 2. The van der Waals surface area contributed by atoms with E-state index in [1.54, 1.807) is 0 Å². The molecule has 0 unspecified atom stereocenters. The predicted molar refractivity (Wildman–Crippen MR) is 306 cm³/mol. The normalized spacial score (nSPS) is 54.3. The molecule has 7 saturated heterocycles. The number of ether oxygens (including phenoxy) is 13. The number of fused-ring (bicyclic) bond motifs is 5. The van der Waals surface area contributed by atoms with Gasteiger partial charge in [0.15, 0.2) is 43.5 Å². The van der Waals surface area contributed by atoms with Gasteiger partial charge in [-0.2, -0.15) is 0 Å². The predicted octanol–water partition coefficient (Wildman–Crippen LogP) is -5.34. The van der Waals surface area contributed by atoms with E-state index in [1.807, 2.05) is 13.8 Å². The first-order valence-corrected chi connectivity index (χ1v) is 32.8. The van der Waals surface area contributed by atoms with Crippen LogP contribution in [0.2, 0.25) is 0 Å². The van der Waals surface area contributed by atoms with Gasteiger partial charge < -0.3 is 143 Å². The third-order valence-electron chi connectivity index (χ3n) is 23.7. The van der Waals surface area contributed by atoms with Crippen molar-refractivity contribution in [2.24, 2.45) is 33.5 Å². The molecule has 0 aromatic rings. The van der Waals surface area contributed by atoms with Crippen LogP contribution in [0.4, 0.5) is 0 Å². The van der Waals surface area contributed by atoms with Gasteiger partial charge in [-0.25, -0.2) is 0 Å². The average molecular weight is 1340 g/mol. The van der Waals surface area contributed by atoms with Gasteiger partial charge >= 0.3 is 0 Å². The van der Waals surface area contributed by atoms with Gasteiger partial charge in [0, 0.05) is 23.7 Å². The molecule has 0 bridgehead atoms. The highest BCUT2D eigenvalue weighted by Gasteiger charge is 2.75. The molecule has 7 aliphatic heterocycles. The number of hydrogen-bond donors (Lipinski definition) is 16. The highest BCUT2D eigenvalue weighted by Crippen LogP contribution is 2.74. The second kappa shape index (κ2) is 27.5. The third kappa shape index (κ3) is 12.0. The van der Waals surface area contributed by atoms with Gasteiger partial charge in [0.05, 0.1) is 62.9 Å². The molecule has 0 amide bonds. The van der Waals surface area contributed by atoms with Gasteiger partial charge in [-0.15, -0.1) is 0 Å². The summed E-state index contributed by atoms with van der Waals surface area (Å²) in [4.78, 5) is 27.8. The first-order valence-electron chi connectivity index (χ1n) is 32.8. The van der Waals surface area contributed by atoms with Crippen molar-refractivity contribution < 1.29 is 153 Å². The maximum atomic E-state index is 14.8. The third-order valence-corrected chi connectivity index (χ3v) is 23.7. The lowest BCUT2D eigenvalue weighted by molar-refractivity contribution is -0.407. The number of Topliss-reactive ketones (excluding diaryl/α,β-unsaturated/α-hetero) is 2. The van der Waals surface area contributed by atoms with Gasteiger partial charge in [-0.1, -0.05) is 45.8 Å².